The normalized spacial score (nSPS) is 11.5. The molecule has 0 aliphatic heterocycles. The molecule has 0 N–H and O–H groups in total. The van der Waals surface area contributed by atoms with Crippen LogP contribution in [0.15, 0.2) is 182 Å². The summed E-state index contributed by atoms with van der Waals surface area (Å²) in [4.78, 5) is 15.4. The smallest absolute Gasteiger partial charge is 0.160 e. The number of nitrogens with zero attached hydrogens (tertiary/aromatic N) is 4. The second-order valence-electron chi connectivity index (χ2n) is 12.9. The Morgan fingerprint density at radius 3 is 1.65 bits per heavy atom. The number of pyridine rings is 1. The van der Waals surface area contributed by atoms with Gasteiger partial charge in [0, 0.05) is 49.5 Å². The molecule has 0 fully saturated rings. The molecule has 0 aliphatic carbocycles. The minimum Gasteiger partial charge on any atom is -0.309 e. The third kappa shape index (κ3) is 4.96. The van der Waals surface area contributed by atoms with E-state index >= 15 is 0 Å². The zero-order valence-electron chi connectivity index (χ0n) is 27.6. The van der Waals surface area contributed by atoms with Gasteiger partial charge in [0.25, 0.3) is 0 Å². The van der Waals surface area contributed by atoms with E-state index in [0.717, 1.165) is 72.3 Å². The molecule has 0 amide bonds. The average molecular weight is 651 g/mol. The lowest BCUT2D eigenvalue weighted by Crippen LogP contribution is -1.97. The van der Waals surface area contributed by atoms with Crippen LogP contribution in [0.5, 0.6) is 0 Å². The molecule has 3 heterocycles. The summed E-state index contributed by atoms with van der Waals surface area (Å²) in [6, 6.07) is 63.7. The van der Waals surface area contributed by atoms with Crippen LogP contribution in [0.3, 0.4) is 0 Å². The highest BCUT2D eigenvalue weighted by Gasteiger charge is 2.19. The summed E-state index contributed by atoms with van der Waals surface area (Å²) >= 11 is 0. The van der Waals surface area contributed by atoms with Gasteiger partial charge < -0.3 is 4.57 Å². The van der Waals surface area contributed by atoms with Gasteiger partial charge in [-0.15, -0.1) is 0 Å². The third-order valence-corrected chi connectivity index (χ3v) is 9.77. The van der Waals surface area contributed by atoms with Crippen molar-refractivity contribution in [1.82, 2.24) is 19.5 Å². The first-order chi connectivity index (χ1) is 25.3. The predicted molar refractivity (Wildman–Crippen MR) is 211 cm³/mol. The molecular formula is C47H30N4. The van der Waals surface area contributed by atoms with Gasteiger partial charge in [-0.1, -0.05) is 140 Å². The van der Waals surface area contributed by atoms with Crippen molar-refractivity contribution in [2.75, 3.05) is 0 Å². The fourth-order valence-corrected chi connectivity index (χ4v) is 7.36. The van der Waals surface area contributed by atoms with Crippen LogP contribution in [0.4, 0.5) is 0 Å². The lowest BCUT2D eigenvalue weighted by atomic mass is 9.97. The fraction of sp³-hybridized carbons (Fsp3) is 0. The van der Waals surface area contributed by atoms with Gasteiger partial charge in [-0.25, -0.2) is 15.0 Å². The molecule has 3 aromatic heterocycles. The summed E-state index contributed by atoms with van der Waals surface area (Å²) in [7, 11) is 0. The van der Waals surface area contributed by atoms with E-state index < -0.39 is 0 Å². The number of hydrogen-bond donors (Lipinski definition) is 0. The third-order valence-electron chi connectivity index (χ3n) is 9.77. The molecule has 0 saturated carbocycles. The highest BCUT2D eigenvalue weighted by atomic mass is 15.0. The van der Waals surface area contributed by atoms with Crippen molar-refractivity contribution in [2.45, 2.75) is 0 Å². The van der Waals surface area contributed by atoms with Gasteiger partial charge in [0.15, 0.2) is 5.82 Å². The highest BCUT2D eigenvalue weighted by Crippen LogP contribution is 2.41. The zero-order chi connectivity index (χ0) is 33.7. The summed E-state index contributed by atoms with van der Waals surface area (Å²) < 4.78 is 2.38. The van der Waals surface area contributed by atoms with Crippen molar-refractivity contribution in [1.29, 1.82) is 0 Å². The van der Waals surface area contributed by atoms with Crippen LogP contribution in [0, 0.1) is 0 Å². The molecule has 10 rings (SSSR count). The van der Waals surface area contributed by atoms with Gasteiger partial charge in [-0.05, 0) is 47.9 Å². The number of rotatable bonds is 5. The van der Waals surface area contributed by atoms with Crippen LogP contribution in [-0.2, 0) is 0 Å². The Morgan fingerprint density at radius 2 is 0.922 bits per heavy atom. The first-order valence-electron chi connectivity index (χ1n) is 17.2. The quantitative estimate of drug-likeness (QED) is 0.174. The number of para-hydroxylation sites is 2. The maximum Gasteiger partial charge on any atom is 0.160 e. The average Bonchev–Trinajstić information content (AvgIpc) is 3.53. The van der Waals surface area contributed by atoms with E-state index in [9.17, 15) is 0 Å². The molecule has 4 heteroatoms. The largest absolute Gasteiger partial charge is 0.309 e. The molecule has 0 atom stereocenters. The van der Waals surface area contributed by atoms with Crippen molar-refractivity contribution in [3.63, 3.8) is 0 Å². The van der Waals surface area contributed by atoms with Crippen LogP contribution < -0.4 is 0 Å². The molecular weight excluding hydrogens is 621 g/mol. The topological polar surface area (TPSA) is 43.6 Å². The number of benzene rings is 7. The van der Waals surface area contributed by atoms with E-state index in [2.05, 4.69) is 162 Å². The SMILES string of the molecule is c1ccc(-c2cc(-c3ccc4c5cc6c(cc5n(-c5ccccc5)c4c3)c(-c3ccccc3)nc3ccccc36)nc(-c3ccccc3)n2)cc1. The van der Waals surface area contributed by atoms with Crippen molar-refractivity contribution in [2.24, 2.45) is 0 Å². The van der Waals surface area contributed by atoms with Gasteiger partial charge in [0.05, 0.1) is 33.6 Å². The first kappa shape index (κ1) is 29.0. The molecule has 238 valence electrons. The van der Waals surface area contributed by atoms with Crippen LogP contribution in [-0.4, -0.2) is 19.5 Å². The van der Waals surface area contributed by atoms with E-state index in [4.69, 9.17) is 15.0 Å². The molecule has 51 heavy (non-hydrogen) atoms. The Kier molecular flexibility index (Phi) is 6.78. The summed E-state index contributed by atoms with van der Waals surface area (Å²) in [5.41, 5.74) is 11.3. The predicted octanol–water partition coefficient (Wildman–Crippen LogP) is 11.9. The van der Waals surface area contributed by atoms with Gasteiger partial charge >= 0.3 is 0 Å². The van der Waals surface area contributed by atoms with Crippen LogP contribution in [0.1, 0.15) is 0 Å². The molecule has 0 radical (unpaired) electrons. The summed E-state index contributed by atoms with van der Waals surface area (Å²) in [5.74, 6) is 0.703. The number of hydrogen-bond acceptors (Lipinski definition) is 3. The van der Waals surface area contributed by atoms with Gasteiger partial charge in [-0.2, -0.15) is 0 Å². The number of aromatic nitrogens is 4. The van der Waals surface area contributed by atoms with Crippen LogP contribution in [0.25, 0.3) is 94.3 Å². The summed E-state index contributed by atoms with van der Waals surface area (Å²) in [6.07, 6.45) is 0. The van der Waals surface area contributed by atoms with E-state index in [-0.39, 0.29) is 0 Å². The Morgan fingerprint density at radius 1 is 0.333 bits per heavy atom. The molecule has 0 bridgehead atoms. The second kappa shape index (κ2) is 11.9. The van der Waals surface area contributed by atoms with E-state index in [1.807, 2.05) is 24.3 Å². The van der Waals surface area contributed by atoms with Crippen molar-refractivity contribution in [3.8, 4) is 50.8 Å². The van der Waals surface area contributed by atoms with E-state index in [1.165, 1.54) is 16.2 Å². The Balaban J connectivity index is 1.27. The molecule has 10 aromatic rings. The van der Waals surface area contributed by atoms with Gasteiger partial charge in [0.1, 0.15) is 0 Å². The number of fused-ring (bicyclic) bond motifs is 6. The first-order valence-corrected chi connectivity index (χ1v) is 17.2. The maximum absolute atomic E-state index is 5.23. The standard InChI is InChI=1S/C47H30N4/c1-5-15-31(16-6-1)42-30-43(50-47(49-42)33-19-9-3-10-20-33)34-25-26-37-39-28-38-36-23-13-14-24-41(36)48-46(32-17-7-2-8-18-32)40(38)29-45(39)51(44(37)27-34)35-21-11-4-12-22-35/h1-30H. The molecule has 0 aliphatic rings. The maximum atomic E-state index is 5.23. The molecule has 7 aromatic carbocycles. The van der Waals surface area contributed by atoms with Gasteiger partial charge in [-0.3, -0.25) is 0 Å². The van der Waals surface area contributed by atoms with E-state index in [0.29, 0.717) is 5.82 Å². The van der Waals surface area contributed by atoms with Crippen molar-refractivity contribution < 1.29 is 0 Å². The van der Waals surface area contributed by atoms with Crippen molar-refractivity contribution in [3.05, 3.63) is 182 Å². The summed E-state index contributed by atoms with van der Waals surface area (Å²) in [5, 5.41) is 5.85. The molecule has 0 spiro atoms. The molecule has 0 saturated heterocycles. The monoisotopic (exact) mass is 650 g/mol. The molecule has 4 nitrogen and oxygen atoms in total. The Hall–Kier alpha value is -6.91. The lowest BCUT2D eigenvalue weighted by Gasteiger charge is -2.12. The summed E-state index contributed by atoms with van der Waals surface area (Å²) in [6.45, 7) is 0. The highest BCUT2D eigenvalue weighted by molar-refractivity contribution is 6.20. The van der Waals surface area contributed by atoms with Crippen molar-refractivity contribution >= 4 is 43.5 Å². The zero-order valence-corrected chi connectivity index (χ0v) is 27.6. The Labute approximate surface area is 295 Å². The van der Waals surface area contributed by atoms with Gasteiger partial charge in [0.2, 0.25) is 0 Å². The molecule has 0 unspecified atom stereocenters. The second-order valence-corrected chi connectivity index (χ2v) is 12.9. The van der Waals surface area contributed by atoms with Crippen LogP contribution in [0.2, 0.25) is 0 Å². The minimum absolute atomic E-state index is 0.703. The van der Waals surface area contributed by atoms with E-state index in [1.54, 1.807) is 0 Å². The minimum atomic E-state index is 0.703. The fourth-order valence-electron chi connectivity index (χ4n) is 7.36. The Bertz CT molecular complexity index is 2820. The lowest BCUT2D eigenvalue weighted by molar-refractivity contribution is 1.17. The van der Waals surface area contributed by atoms with Crippen LogP contribution >= 0.6 is 0 Å².